The maximum atomic E-state index is 12.7. The van der Waals surface area contributed by atoms with Crippen LogP contribution in [0.1, 0.15) is 35.4 Å². The molecule has 0 bridgehead atoms. The Labute approximate surface area is 134 Å². The summed E-state index contributed by atoms with van der Waals surface area (Å²) in [6.45, 7) is 2.15. The molecule has 1 saturated heterocycles. The summed E-state index contributed by atoms with van der Waals surface area (Å²) in [5.74, 6) is 0.00804. The quantitative estimate of drug-likeness (QED) is 0.839. The van der Waals surface area contributed by atoms with Crippen LogP contribution in [0.15, 0.2) is 17.5 Å². The molecule has 2 fully saturated rings. The Morgan fingerprint density at radius 3 is 2.32 bits per heavy atom. The van der Waals surface area contributed by atoms with Gasteiger partial charge in [0.15, 0.2) is 0 Å². The third-order valence-corrected chi connectivity index (χ3v) is 5.52. The van der Waals surface area contributed by atoms with E-state index in [1.165, 1.54) is 11.3 Å². The van der Waals surface area contributed by atoms with E-state index in [0.29, 0.717) is 39.0 Å². The molecule has 1 aliphatic heterocycles. The van der Waals surface area contributed by atoms with Crippen molar-refractivity contribution in [2.24, 2.45) is 5.41 Å². The van der Waals surface area contributed by atoms with Gasteiger partial charge in [-0.2, -0.15) is 5.26 Å². The highest BCUT2D eigenvalue weighted by Gasteiger charge is 2.44. The highest BCUT2D eigenvalue weighted by molar-refractivity contribution is 7.12. The van der Waals surface area contributed by atoms with E-state index in [9.17, 15) is 14.9 Å². The fraction of sp³-hybridized carbons (Fsp3) is 0.562. The lowest BCUT2D eigenvalue weighted by Gasteiger charge is -2.37. The molecule has 0 spiro atoms. The van der Waals surface area contributed by atoms with Crippen LogP contribution in [0.25, 0.3) is 0 Å². The standard InChI is InChI=1S/C16H19N3O2S/c17-12-16(5-1-2-6-16)15(21)19-9-7-18(8-10-19)14(20)13-4-3-11-22-13/h3-4,11H,1-2,5-10H2. The maximum Gasteiger partial charge on any atom is 0.264 e. The lowest BCUT2D eigenvalue weighted by molar-refractivity contribution is -0.140. The Hall–Kier alpha value is -1.87. The van der Waals surface area contributed by atoms with Gasteiger partial charge in [-0.25, -0.2) is 0 Å². The van der Waals surface area contributed by atoms with Crippen LogP contribution in [0.3, 0.4) is 0 Å². The molecule has 1 aromatic heterocycles. The average molecular weight is 317 g/mol. The summed E-state index contributed by atoms with van der Waals surface area (Å²) < 4.78 is 0. The Kier molecular flexibility index (Phi) is 4.16. The number of piperazine rings is 1. The first-order valence-electron chi connectivity index (χ1n) is 7.70. The predicted molar refractivity (Wildman–Crippen MR) is 83.3 cm³/mol. The number of carbonyl (C=O) groups excluding carboxylic acids is 2. The molecule has 0 N–H and O–H groups in total. The van der Waals surface area contributed by atoms with Crippen LogP contribution in [-0.4, -0.2) is 47.8 Å². The molecule has 5 nitrogen and oxygen atoms in total. The van der Waals surface area contributed by atoms with E-state index in [4.69, 9.17) is 0 Å². The van der Waals surface area contributed by atoms with Crippen LogP contribution in [-0.2, 0) is 4.79 Å². The summed E-state index contributed by atoms with van der Waals surface area (Å²) in [6, 6.07) is 5.96. The first-order chi connectivity index (χ1) is 10.7. The van der Waals surface area contributed by atoms with Crippen LogP contribution in [0.2, 0.25) is 0 Å². The van der Waals surface area contributed by atoms with Crippen molar-refractivity contribution in [1.29, 1.82) is 5.26 Å². The molecule has 22 heavy (non-hydrogen) atoms. The van der Waals surface area contributed by atoms with Gasteiger partial charge in [0, 0.05) is 26.2 Å². The van der Waals surface area contributed by atoms with Gasteiger partial charge in [0.2, 0.25) is 5.91 Å². The SMILES string of the molecule is N#CC1(C(=O)N2CCN(C(=O)c3cccs3)CC2)CCCC1. The second-order valence-corrected chi connectivity index (χ2v) is 6.91. The van der Waals surface area contributed by atoms with Gasteiger partial charge in [-0.1, -0.05) is 18.9 Å². The van der Waals surface area contributed by atoms with Crippen molar-refractivity contribution in [3.63, 3.8) is 0 Å². The van der Waals surface area contributed by atoms with Gasteiger partial charge < -0.3 is 9.80 Å². The summed E-state index contributed by atoms with van der Waals surface area (Å²) in [7, 11) is 0. The van der Waals surface area contributed by atoms with Gasteiger partial charge in [-0.05, 0) is 24.3 Å². The summed E-state index contributed by atoms with van der Waals surface area (Å²) in [5, 5.41) is 11.3. The number of nitrogens with zero attached hydrogens (tertiary/aromatic N) is 3. The molecule has 2 amide bonds. The van der Waals surface area contributed by atoms with Crippen LogP contribution < -0.4 is 0 Å². The van der Waals surface area contributed by atoms with Gasteiger partial charge in [-0.3, -0.25) is 9.59 Å². The second kappa shape index (κ2) is 6.09. The minimum absolute atomic E-state index is 0.0317. The molecule has 0 aromatic carbocycles. The van der Waals surface area contributed by atoms with Gasteiger partial charge >= 0.3 is 0 Å². The molecule has 0 atom stereocenters. The Morgan fingerprint density at radius 1 is 1.14 bits per heavy atom. The minimum atomic E-state index is -0.806. The van der Waals surface area contributed by atoms with Crippen molar-refractivity contribution in [3.05, 3.63) is 22.4 Å². The van der Waals surface area contributed by atoms with Crippen LogP contribution >= 0.6 is 11.3 Å². The van der Waals surface area contributed by atoms with E-state index in [1.807, 2.05) is 17.5 Å². The van der Waals surface area contributed by atoms with Gasteiger partial charge in [0.25, 0.3) is 5.91 Å². The third-order valence-electron chi connectivity index (χ3n) is 4.67. The topological polar surface area (TPSA) is 64.4 Å². The number of rotatable bonds is 2. The molecule has 6 heteroatoms. The van der Waals surface area contributed by atoms with E-state index < -0.39 is 5.41 Å². The van der Waals surface area contributed by atoms with Crippen molar-refractivity contribution in [3.8, 4) is 6.07 Å². The highest BCUT2D eigenvalue weighted by Crippen LogP contribution is 2.39. The van der Waals surface area contributed by atoms with Crippen LogP contribution in [0.5, 0.6) is 0 Å². The fourth-order valence-corrected chi connectivity index (χ4v) is 4.01. The Balaban J connectivity index is 1.61. The lowest BCUT2D eigenvalue weighted by atomic mass is 9.86. The zero-order valence-corrected chi connectivity index (χ0v) is 13.3. The third kappa shape index (κ3) is 2.61. The van der Waals surface area contributed by atoms with Gasteiger partial charge in [0.05, 0.1) is 10.9 Å². The number of nitriles is 1. The summed E-state index contributed by atoms with van der Waals surface area (Å²) in [5.41, 5.74) is -0.806. The molecule has 0 unspecified atom stereocenters. The maximum absolute atomic E-state index is 12.7. The van der Waals surface area contributed by atoms with Crippen LogP contribution in [0, 0.1) is 16.7 Å². The predicted octanol–water partition coefficient (Wildman–Crippen LogP) is 2.12. The Morgan fingerprint density at radius 2 is 1.77 bits per heavy atom. The van der Waals surface area contributed by atoms with E-state index in [2.05, 4.69) is 6.07 Å². The molecule has 3 rings (SSSR count). The number of amides is 2. The number of thiophene rings is 1. The van der Waals surface area contributed by atoms with E-state index >= 15 is 0 Å². The van der Waals surface area contributed by atoms with Gasteiger partial charge in [0.1, 0.15) is 5.41 Å². The largest absolute Gasteiger partial charge is 0.338 e. The molecule has 2 heterocycles. The number of hydrogen-bond acceptors (Lipinski definition) is 4. The normalized spacial score (nSPS) is 20.7. The fourth-order valence-electron chi connectivity index (χ4n) is 3.32. The lowest BCUT2D eigenvalue weighted by Crippen LogP contribution is -2.53. The monoisotopic (exact) mass is 317 g/mol. The summed E-state index contributed by atoms with van der Waals surface area (Å²) >= 11 is 1.44. The van der Waals surface area contributed by atoms with Crippen molar-refractivity contribution in [1.82, 2.24) is 9.80 Å². The van der Waals surface area contributed by atoms with E-state index in [-0.39, 0.29) is 11.8 Å². The smallest absolute Gasteiger partial charge is 0.264 e. The summed E-state index contributed by atoms with van der Waals surface area (Å²) in [6.07, 6.45) is 3.26. The second-order valence-electron chi connectivity index (χ2n) is 5.96. The first kappa shape index (κ1) is 15.0. The molecule has 1 aliphatic carbocycles. The average Bonchev–Trinajstić information content (AvgIpc) is 3.25. The molecule has 0 radical (unpaired) electrons. The summed E-state index contributed by atoms with van der Waals surface area (Å²) in [4.78, 5) is 29.3. The Bertz CT molecular complexity index is 591. The molecular formula is C16H19N3O2S. The molecule has 2 aliphatic rings. The van der Waals surface area contributed by atoms with Gasteiger partial charge in [-0.15, -0.1) is 11.3 Å². The zero-order chi connectivity index (χ0) is 15.6. The first-order valence-corrected chi connectivity index (χ1v) is 8.58. The van der Waals surface area contributed by atoms with Crippen molar-refractivity contribution >= 4 is 23.2 Å². The zero-order valence-electron chi connectivity index (χ0n) is 12.5. The molecule has 1 aromatic rings. The molecular weight excluding hydrogens is 298 g/mol. The van der Waals surface area contributed by atoms with Crippen molar-refractivity contribution in [2.45, 2.75) is 25.7 Å². The number of carbonyl (C=O) groups is 2. The van der Waals surface area contributed by atoms with Crippen molar-refractivity contribution < 1.29 is 9.59 Å². The molecule has 116 valence electrons. The van der Waals surface area contributed by atoms with Crippen LogP contribution in [0.4, 0.5) is 0 Å². The van der Waals surface area contributed by atoms with Crippen molar-refractivity contribution in [2.75, 3.05) is 26.2 Å². The molecule has 1 saturated carbocycles. The van der Waals surface area contributed by atoms with E-state index in [0.717, 1.165) is 17.7 Å². The minimum Gasteiger partial charge on any atom is -0.338 e. The highest BCUT2D eigenvalue weighted by atomic mass is 32.1. The van der Waals surface area contributed by atoms with E-state index in [1.54, 1.807) is 9.80 Å². The number of hydrogen-bond donors (Lipinski definition) is 0.